The smallest absolute Gasteiger partial charge is 0.174 e. The van der Waals surface area contributed by atoms with E-state index in [4.69, 9.17) is 0 Å². The number of rotatable bonds is 3. The quantitative estimate of drug-likeness (QED) is 0.785. The Morgan fingerprint density at radius 1 is 1.16 bits per heavy atom. The van der Waals surface area contributed by atoms with E-state index in [2.05, 4.69) is 4.98 Å². The van der Waals surface area contributed by atoms with Gasteiger partial charge in [-0.25, -0.2) is 4.39 Å². The lowest BCUT2D eigenvalue weighted by Gasteiger charge is -2.24. The van der Waals surface area contributed by atoms with Crippen LogP contribution in [0, 0.1) is 12.7 Å². The van der Waals surface area contributed by atoms with Crippen LogP contribution in [-0.4, -0.2) is 10.8 Å². The van der Waals surface area contributed by atoms with Crippen LogP contribution >= 0.6 is 0 Å². The van der Waals surface area contributed by atoms with Gasteiger partial charge in [-0.3, -0.25) is 9.78 Å². The van der Waals surface area contributed by atoms with Gasteiger partial charge in [0.2, 0.25) is 0 Å². The van der Waals surface area contributed by atoms with Gasteiger partial charge in [-0.15, -0.1) is 0 Å². The molecule has 1 heterocycles. The summed E-state index contributed by atoms with van der Waals surface area (Å²) in [6.07, 6.45) is 3.25. The van der Waals surface area contributed by atoms with E-state index in [1.54, 1.807) is 24.5 Å². The molecule has 0 amide bonds. The van der Waals surface area contributed by atoms with Crippen LogP contribution in [0.1, 0.15) is 35.3 Å². The minimum Gasteiger partial charge on any atom is -0.293 e. The summed E-state index contributed by atoms with van der Waals surface area (Å²) in [6, 6.07) is 7.87. The number of benzene rings is 1. The van der Waals surface area contributed by atoms with Gasteiger partial charge in [0.25, 0.3) is 0 Å². The van der Waals surface area contributed by atoms with Gasteiger partial charge in [0.15, 0.2) is 5.78 Å². The Kier molecular flexibility index (Phi) is 3.47. The van der Waals surface area contributed by atoms with Gasteiger partial charge < -0.3 is 0 Å². The second kappa shape index (κ2) is 4.92. The molecule has 2 nitrogen and oxygen atoms in total. The first-order valence-electron chi connectivity index (χ1n) is 6.14. The molecule has 0 unspecified atom stereocenters. The Bertz CT molecular complexity index is 602. The minimum absolute atomic E-state index is 0.00953. The second-order valence-corrected chi connectivity index (χ2v) is 5.15. The van der Waals surface area contributed by atoms with E-state index in [-0.39, 0.29) is 11.6 Å². The molecule has 2 aromatic rings. The standard InChI is InChI=1S/C16H16FNO/c1-11-8-9-18-10-14(11)15(19)16(2,3)12-4-6-13(17)7-5-12/h4-10H,1-3H3. The van der Waals surface area contributed by atoms with Gasteiger partial charge in [-0.05, 0) is 50.1 Å². The topological polar surface area (TPSA) is 30.0 Å². The maximum Gasteiger partial charge on any atom is 0.174 e. The van der Waals surface area contributed by atoms with Crippen molar-refractivity contribution >= 4 is 5.78 Å². The third kappa shape index (κ3) is 2.55. The second-order valence-electron chi connectivity index (χ2n) is 5.15. The minimum atomic E-state index is -0.707. The summed E-state index contributed by atoms with van der Waals surface area (Å²) >= 11 is 0. The number of ketones is 1. The molecule has 19 heavy (non-hydrogen) atoms. The fraction of sp³-hybridized carbons (Fsp3) is 0.250. The SMILES string of the molecule is Cc1ccncc1C(=O)C(C)(C)c1ccc(F)cc1. The zero-order valence-electron chi connectivity index (χ0n) is 11.3. The van der Waals surface area contributed by atoms with Gasteiger partial charge in [0.05, 0.1) is 5.41 Å². The van der Waals surface area contributed by atoms with E-state index in [1.165, 1.54) is 12.1 Å². The average Bonchev–Trinajstić information content (AvgIpc) is 2.39. The van der Waals surface area contributed by atoms with Gasteiger partial charge >= 0.3 is 0 Å². The van der Waals surface area contributed by atoms with E-state index in [0.717, 1.165) is 11.1 Å². The zero-order valence-corrected chi connectivity index (χ0v) is 11.3. The summed E-state index contributed by atoms with van der Waals surface area (Å²) in [5.41, 5.74) is 1.59. The van der Waals surface area contributed by atoms with Crippen LogP contribution in [0.25, 0.3) is 0 Å². The number of aromatic nitrogens is 1. The Balaban J connectivity index is 2.42. The summed E-state index contributed by atoms with van der Waals surface area (Å²) in [6.45, 7) is 5.57. The highest BCUT2D eigenvalue weighted by atomic mass is 19.1. The van der Waals surface area contributed by atoms with Gasteiger partial charge in [0.1, 0.15) is 5.82 Å². The maximum absolute atomic E-state index is 13.0. The molecule has 0 saturated carbocycles. The van der Waals surface area contributed by atoms with Crippen LogP contribution in [0.4, 0.5) is 4.39 Å². The molecular formula is C16H16FNO. The van der Waals surface area contributed by atoms with Crippen molar-refractivity contribution in [2.45, 2.75) is 26.2 Å². The highest BCUT2D eigenvalue weighted by Gasteiger charge is 2.31. The number of Topliss-reactive ketones (excluding diaryl/α,β-unsaturated/α-hetero) is 1. The number of hydrogen-bond acceptors (Lipinski definition) is 2. The average molecular weight is 257 g/mol. The monoisotopic (exact) mass is 257 g/mol. The molecule has 0 aliphatic carbocycles. The predicted molar refractivity (Wildman–Crippen MR) is 72.7 cm³/mol. The van der Waals surface area contributed by atoms with E-state index in [9.17, 15) is 9.18 Å². The van der Waals surface area contributed by atoms with Crippen LogP contribution in [0.2, 0.25) is 0 Å². The molecule has 3 heteroatoms. The van der Waals surface area contributed by atoms with Gasteiger partial charge in [-0.1, -0.05) is 12.1 Å². The fourth-order valence-corrected chi connectivity index (χ4v) is 2.04. The normalized spacial score (nSPS) is 11.4. The zero-order chi connectivity index (χ0) is 14.0. The number of aryl methyl sites for hydroxylation is 1. The molecule has 98 valence electrons. The summed E-state index contributed by atoms with van der Waals surface area (Å²) in [7, 11) is 0. The van der Waals surface area contributed by atoms with Crippen LogP contribution in [0.3, 0.4) is 0 Å². The van der Waals surface area contributed by atoms with Crippen molar-refractivity contribution in [3.05, 3.63) is 65.2 Å². The molecule has 1 aromatic carbocycles. The predicted octanol–water partition coefficient (Wildman–Crippen LogP) is 3.69. The number of halogens is 1. The van der Waals surface area contributed by atoms with E-state index >= 15 is 0 Å². The van der Waals surface area contributed by atoms with Crippen molar-refractivity contribution in [3.63, 3.8) is 0 Å². The lowest BCUT2D eigenvalue weighted by molar-refractivity contribution is 0.0907. The highest BCUT2D eigenvalue weighted by Crippen LogP contribution is 2.28. The molecule has 0 radical (unpaired) electrons. The molecule has 1 aromatic heterocycles. The summed E-state index contributed by atoms with van der Waals surface area (Å²) in [5, 5.41) is 0. The number of carbonyl (C=O) groups excluding carboxylic acids is 1. The molecule has 0 atom stereocenters. The molecule has 0 aliphatic rings. The van der Waals surface area contributed by atoms with Crippen molar-refractivity contribution in [3.8, 4) is 0 Å². The third-order valence-electron chi connectivity index (χ3n) is 3.42. The van der Waals surface area contributed by atoms with E-state index in [0.29, 0.717) is 5.56 Å². The van der Waals surface area contributed by atoms with Crippen molar-refractivity contribution in [2.24, 2.45) is 0 Å². The lowest BCUT2D eigenvalue weighted by atomic mass is 9.77. The Labute approximate surface area is 112 Å². The third-order valence-corrected chi connectivity index (χ3v) is 3.42. The molecule has 2 rings (SSSR count). The largest absolute Gasteiger partial charge is 0.293 e. The van der Waals surface area contributed by atoms with Crippen LogP contribution < -0.4 is 0 Å². The number of carbonyl (C=O) groups is 1. The van der Waals surface area contributed by atoms with Crippen LogP contribution in [0.15, 0.2) is 42.7 Å². The summed E-state index contributed by atoms with van der Waals surface area (Å²) in [4.78, 5) is 16.6. The Hall–Kier alpha value is -2.03. The summed E-state index contributed by atoms with van der Waals surface area (Å²) < 4.78 is 13.0. The molecule has 0 fully saturated rings. The Morgan fingerprint density at radius 3 is 2.37 bits per heavy atom. The molecule has 0 N–H and O–H groups in total. The first-order chi connectivity index (χ1) is 8.93. The Morgan fingerprint density at radius 2 is 1.79 bits per heavy atom. The molecule has 0 aliphatic heterocycles. The van der Waals surface area contributed by atoms with Gasteiger partial charge in [0, 0.05) is 18.0 Å². The molecule has 0 saturated heterocycles. The van der Waals surface area contributed by atoms with Crippen molar-refractivity contribution in [1.82, 2.24) is 4.98 Å². The highest BCUT2D eigenvalue weighted by molar-refractivity contribution is 6.04. The van der Waals surface area contributed by atoms with Crippen molar-refractivity contribution < 1.29 is 9.18 Å². The first kappa shape index (κ1) is 13.4. The molecule has 0 bridgehead atoms. The lowest BCUT2D eigenvalue weighted by Crippen LogP contribution is -2.29. The van der Waals surface area contributed by atoms with Crippen molar-refractivity contribution in [1.29, 1.82) is 0 Å². The van der Waals surface area contributed by atoms with Crippen molar-refractivity contribution in [2.75, 3.05) is 0 Å². The number of nitrogens with zero attached hydrogens (tertiary/aromatic N) is 1. The molecule has 0 spiro atoms. The van der Waals surface area contributed by atoms with Gasteiger partial charge in [-0.2, -0.15) is 0 Å². The maximum atomic E-state index is 13.0. The molecular weight excluding hydrogens is 241 g/mol. The summed E-state index contributed by atoms with van der Waals surface area (Å²) in [5.74, 6) is -0.311. The van der Waals surface area contributed by atoms with E-state index in [1.807, 2.05) is 26.8 Å². The van der Waals surface area contributed by atoms with E-state index < -0.39 is 5.41 Å². The van der Waals surface area contributed by atoms with Crippen LogP contribution in [-0.2, 0) is 5.41 Å². The fourth-order valence-electron chi connectivity index (χ4n) is 2.04. The number of hydrogen-bond donors (Lipinski definition) is 0. The van der Waals surface area contributed by atoms with Crippen LogP contribution in [0.5, 0.6) is 0 Å². The number of pyridine rings is 1. The first-order valence-corrected chi connectivity index (χ1v) is 6.14.